The van der Waals surface area contributed by atoms with Gasteiger partial charge in [-0.2, -0.15) is 0 Å². The molecule has 0 aromatic carbocycles. The topological polar surface area (TPSA) is 12.0 Å². The van der Waals surface area contributed by atoms with E-state index in [1.165, 1.54) is 64.2 Å². The zero-order valence-corrected chi connectivity index (χ0v) is 14.2. The lowest BCUT2D eigenvalue weighted by Gasteiger charge is -2.16. The number of fused-ring (bicyclic) bond motifs is 1. The third kappa shape index (κ3) is 4.60. The molecule has 0 saturated heterocycles. The largest absolute Gasteiger partial charge is 0.310 e. The van der Waals surface area contributed by atoms with Crippen molar-refractivity contribution in [3.8, 4) is 0 Å². The summed E-state index contributed by atoms with van der Waals surface area (Å²) >= 11 is 2.09. The molecule has 1 aromatic rings. The summed E-state index contributed by atoms with van der Waals surface area (Å²) in [4.78, 5) is 3.29. The van der Waals surface area contributed by atoms with E-state index in [0.717, 1.165) is 6.54 Å². The van der Waals surface area contributed by atoms with Crippen LogP contribution in [-0.2, 0) is 12.8 Å². The third-order valence-corrected chi connectivity index (χ3v) is 5.76. The number of unbranched alkanes of at least 4 members (excludes halogenated alkanes) is 4. The minimum Gasteiger partial charge on any atom is -0.310 e. The maximum absolute atomic E-state index is 3.71. The summed E-state index contributed by atoms with van der Waals surface area (Å²) in [5, 5.41) is 3.71. The second-order valence-electron chi connectivity index (χ2n) is 6.12. The molecule has 0 radical (unpaired) electrons. The average Bonchev–Trinajstić information content (AvgIpc) is 2.89. The molecule has 1 nitrogen and oxygen atoms in total. The number of aryl methyl sites for hydroxylation is 2. The average molecular weight is 294 g/mol. The van der Waals surface area contributed by atoms with E-state index in [9.17, 15) is 0 Å². The van der Waals surface area contributed by atoms with E-state index < -0.39 is 0 Å². The van der Waals surface area contributed by atoms with E-state index >= 15 is 0 Å². The lowest BCUT2D eigenvalue weighted by atomic mass is 9.98. The quantitative estimate of drug-likeness (QED) is 0.581. The van der Waals surface area contributed by atoms with Crippen molar-refractivity contribution < 1.29 is 0 Å². The first-order valence-electron chi connectivity index (χ1n) is 8.70. The van der Waals surface area contributed by atoms with Gasteiger partial charge in [-0.25, -0.2) is 0 Å². The van der Waals surface area contributed by atoms with Crippen molar-refractivity contribution in [3.05, 3.63) is 21.4 Å². The molecule has 1 atom stereocenters. The van der Waals surface area contributed by atoms with Gasteiger partial charge in [0.05, 0.1) is 0 Å². The van der Waals surface area contributed by atoms with Gasteiger partial charge >= 0.3 is 0 Å². The number of thiophene rings is 1. The van der Waals surface area contributed by atoms with Crippen LogP contribution in [0.2, 0.25) is 0 Å². The standard InChI is InChI=1S/C18H31NS/c1-3-5-6-7-8-12-16(19-4-2)18-14-15-11-9-10-13-17(15)20-18/h14,16,19H,3-13H2,1-2H3. The van der Waals surface area contributed by atoms with Crippen molar-refractivity contribution >= 4 is 11.3 Å². The summed E-state index contributed by atoms with van der Waals surface area (Å²) in [6.07, 6.45) is 13.7. The van der Waals surface area contributed by atoms with Crippen LogP contribution >= 0.6 is 11.3 Å². The molecule has 1 unspecified atom stereocenters. The minimum absolute atomic E-state index is 0.609. The maximum atomic E-state index is 3.71. The van der Waals surface area contributed by atoms with Crippen LogP contribution in [0.3, 0.4) is 0 Å². The first-order valence-corrected chi connectivity index (χ1v) is 9.51. The zero-order valence-electron chi connectivity index (χ0n) is 13.3. The van der Waals surface area contributed by atoms with Crippen LogP contribution in [0.4, 0.5) is 0 Å². The fourth-order valence-electron chi connectivity index (χ4n) is 3.23. The molecule has 0 saturated carbocycles. The van der Waals surface area contributed by atoms with Crippen molar-refractivity contribution in [1.82, 2.24) is 5.32 Å². The molecule has 1 aliphatic rings. The molecule has 2 rings (SSSR count). The molecule has 0 spiro atoms. The molecule has 1 aromatic heterocycles. The summed E-state index contributed by atoms with van der Waals surface area (Å²) in [6.45, 7) is 5.61. The summed E-state index contributed by atoms with van der Waals surface area (Å²) in [7, 11) is 0. The predicted octanol–water partition coefficient (Wildman–Crippen LogP) is 5.64. The highest BCUT2D eigenvalue weighted by atomic mass is 32.1. The Morgan fingerprint density at radius 3 is 2.65 bits per heavy atom. The van der Waals surface area contributed by atoms with Crippen LogP contribution in [0.15, 0.2) is 6.07 Å². The molecule has 1 aliphatic carbocycles. The predicted molar refractivity (Wildman–Crippen MR) is 90.8 cm³/mol. The highest BCUT2D eigenvalue weighted by Crippen LogP contribution is 2.34. The van der Waals surface area contributed by atoms with Crippen LogP contribution in [0.5, 0.6) is 0 Å². The number of hydrogen-bond acceptors (Lipinski definition) is 2. The Labute approximate surface area is 129 Å². The van der Waals surface area contributed by atoms with Crippen LogP contribution in [0.25, 0.3) is 0 Å². The van der Waals surface area contributed by atoms with Gasteiger partial charge in [-0.15, -0.1) is 11.3 Å². The highest BCUT2D eigenvalue weighted by Gasteiger charge is 2.18. The van der Waals surface area contributed by atoms with Crippen molar-refractivity contribution in [1.29, 1.82) is 0 Å². The van der Waals surface area contributed by atoms with Crippen LogP contribution in [0.1, 0.15) is 86.6 Å². The second kappa shape index (κ2) is 8.84. The normalized spacial score (nSPS) is 16.1. The van der Waals surface area contributed by atoms with E-state index in [0.29, 0.717) is 6.04 Å². The van der Waals surface area contributed by atoms with E-state index in [1.807, 2.05) is 0 Å². The Morgan fingerprint density at radius 1 is 1.10 bits per heavy atom. The Hall–Kier alpha value is -0.340. The SMILES string of the molecule is CCCCCCCC(NCC)c1cc2c(s1)CCCC2. The van der Waals surface area contributed by atoms with Gasteiger partial charge in [0, 0.05) is 15.8 Å². The molecule has 1 heterocycles. The molecule has 20 heavy (non-hydrogen) atoms. The van der Waals surface area contributed by atoms with Crippen LogP contribution in [0, 0.1) is 0 Å². The number of rotatable bonds is 9. The van der Waals surface area contributed by atoms with Crippen molar-refractivity contribution in [2.24, 2.45) is 0 Å². The van der Waals surface area contributed by atoms with Gasteiger partial charge in [0.2, 0.25) is 0 Å². The fraction of sp³-hybridized carbons (Fsp3) is 0.778. The fourth-order valence-corrected chi connectivity index (χ4v) is 4.60. The first kappa shape index (κ1) is 16.0. The summed E-state index contributed by atoms with van der Waals surface area (Å²) in [6, 6.07) is 3.12. The molecular weight excluding hydrogens is 262 g/mol. The first-order chi connectivity index (χ1) is 9.85. The molecule has 114 valence electrons. The lowest BCUT2D eigenvalue weighted by molar-refractivity contribution is 0.484. The maximum Gasteiger partial charge on any atom is 0.0414 e. The molecule has 1 N–H and O–H groups in total. The smallest absolute Gasteiger partial charge is 0.0414 e. The highest BCUT2D eigenvalue weighted by molar-refractivity contribution is 7.12. The van der Waals surface area contributed by atoms with Gasteiger partial charge < -0.3 is 5.32 Å². The molecule has 0 fully saturated rings. The van der Waals surface area contributed by atoms with Crippen LogP contribution in [-0.4, -0.2) is 6.54 Å². The van der Waals surface area contributed by atoms with E-state index in [-0.39, 0.29) is 0 Å². The monoisotopic (exact) mass is 293 g/mol. The van der Waals surface area contributed by atoms with Gasteiger partial charge in [0.15, 0.2) is 0 Å². The Bertz CT molecular complexity index is 359. The van der Waals surface area contributed by atoms with Gasteiger partial charge in [0.1, 0.15) is 0 Å². The Balaban J connectivity index is 1.88. The van der Waals surface area contributed by atoms with Crippen molar-refractivity contribution in [3.63, 3.8) is 0 Å². The summed E-state index contributed by atoms with van der Waals surface area (Å²) < 4.78 is 0. The molecule has 0 aliphatic heterocycles. The Kier molecular flexibility index (Phi) is 7.09. The van der Waals surface area contributed by atoms with E-state index in [4.69, 9.17) is 0 Å². The van der Waals surface area contributed by atoms with Crippen LogP contribution < -0.4 is 5.32 Å². The van der Waals surface area contributed by atoms with Crippen molar-refractivity contribution in [2.45, 2.75) is 84.1 Å². The zero-order chi connectivity index (χ0) is 14.2. The molecule has 0 bridgehead atoms. The van der Waals surface area contributed by atoms with E-state index in [2.05, 4.69) is 36.6 Å². The van der Waals surface area contributed by atoms with Gasteiger partial charge in [0.25, 0.3) is 0 Å². The molecular formula is C18H31NS. The molecule has 0 amide bonds. The molecule has 2 heteroatoms. The number of nitrogens with one attached hydrogen (secondary N) is 1. The third-order valence-electron chi connectivity index (χ3n) is 4.41. The van der Waals surface area contributed by atoms with Gasteiger partial charge in [-0.05, 0) is 50.3 Å². The van der Waals surface area contributed by atoms with Crippen molar-refractivity contribution in [2.75, 3.05) is 6.54 Å². The summed E-state index contributed by atoms with van der Waals surface area (Å²) in [5.41, 5.74) is 1.66. The summed E-state index contributed by atoms with van der Waals surface area (Å²) in [5.74, 6) is 0. The van der Waals surface area contributed by atoms with Gasteiger partial charge in [-0.1, -0.05) is 46.0 Å². The minimum atomic E-state index is 0.609. The second-order valence-corrected chi connectivity index (χ2v) is 7.29. The van der Waals surface area contributed by atoms with E-state index in [1.54, 1.807) is 15.3 Å². The lowest BCUT2D eigenvalue weighted by Crippen LogP contribution is -2.19. The number of hydrogen-bond donors (Lipinski definition) is 1. The van der Waals surface area contributed by atoms with Gasteiger partial charge in [-0.3, -0.25) is 0 Å². The Morgan fingerprint density at radius 2 is 1.90 bits per heavy atom.